The van der Waals surface area contributed by atoms with E-state index < -0.39 is 0 Å². The van der Waals surface area contributed by atoms with Crippen molar-refractivity contribution in [2.24, 2.45) is 0 Å². The molecule has 1 N–H and O–H groups in total. The molecule has 0 atom stereocenters. The van der Waals surface area contributed by atoms with E-state index in [1.165, 1.54) is 7.11 Å². The Labute approximate surface area is 122 Å². The molecule has 2 aromatic heterocycles. The first-order valence-corrected chi connectivity index (χ1v) is 6.68. The number of phenols is 1. The zero-order chi connectivity index (χ0) is 15.0. The van der Waals surface area contributed by atoms with Gasteiger partial charge in [-0.05, 0) is 29.7 Å². The Morgan fingerprint density at radius 1 is 1.24 bits per heavy atom. The summed E-state index contributed by atoms with van der Waals surface area (Å²) in [5, 5.41) is 22.3. The van der Waals surface area contributed by atoms with Gasteiger partial charge >= 0.3 is 0 Å². The van der Waals surface area contributed by atoms with Gasteiger partial charge in [0.1, 0.15) is 6.33 Å². The fourth-order valence-electron chi connectivity index (χ4n) is 2.19. The Bertz CT molecular complexity index is 795. The number of phenolic OH excluding ortho intramolecular Hbond substituents is 1. The molecular formula is C15H16N4O2. The summed E-state index contributed by atoms with van der Waals surface area (Å²) < 4.78 is 6.84. The zero-order valence-electron chi connectivity index (χ0n) is 12.1. The van der Waals surface area contributed by atoms with Gasteiger partial charge in [-0.2, -0.15) is 9.61 Å². The summed E-state index contributed by atoms with van der Waals surface area (Å²) in [6, 6.07) is 7.21. The number of ether oxygens (including phenoxy) is 1. The Morgan fingerprint density at radius 3 is 2.76 bits per heavy atom. The lowest BCUT2D eigenvalue weighted by Gasteiger charge is -2.10. The minimum Gasteiger partial charge on any atom is -0.504 e. The second kappa shape index (κ2) is 5.05. The smallest absolute Gasteiger partial charge is 0.185 e. The number of hydrogen-bond donors (Lipinski definition) is 1. The summed E-state index contributed by atoms with van der Waals surface area (Å²) >= 11 is 0. The van der Waals surface area contributed by atoms with E-state index >= 15 is 0 Å². The maximum atomic E-state index is 9.73. The average molecular weight is 284 g/mol. The first-order valence-electron chi connectivity index (χ1n) is 6.68. The van der Waals surface area contributed by atoms with Crippen molar-refractivity contribution >= 4 is 5.65 Å². The highest BCUT2D eigenvalue weighted by Crippen LogP contribution is 2.33. The molecule has 0 aliphatic rings. The summed E-state index contributed by atoms with van der Waals surface area (Å²) in [5.74, 6) is 0.819. The van der Waals surface area contributed by atoms with Crippen molar-refractivity contribution < 1.29 is 9.84 Å². The monoisotopic (exact) mass is 284 g/mol. The molecule has 6 nitrogen and oxygen atoms in total. The van der Waals surface area contributed by atoms with Crippen molar-refractivity contribution in [3.05, 3.63) is 36.3 Å². The highest BCUT2D eigenvalue weighted by Gasteiger charge is 2.13. The lowest BCUT2D eigenvalue weighted by molar-refractivity contribution is 0.373. The quantitative estimate of drug-likeness (QED) is 0.800. The Kier molecular flexibility index (Phi) is 3.21. The van der Waals surface area contributed by atoms with Crippen LogP contribution in [0.2, 0.25) is 0 Å². The first-order chi connectivity index (χ1) is 10.1. The van der Waals surface area contributed by atoms with Gasteiger partial charge in [0.05, 0.1) is 12.8 Å². The van der Waals surface area contributed by atoms with E-state index in [4.69, 9.17) is 4.74 Å². The van der Waals surface area contributed by atoms with Crippen LogP contribution in [0.5, 0.6) is 11.5 Å². The fourth-order valence-corrected chi connectivity index (χ4v) is 2.19. The SMILES string of the molecule is COc1cc(-c2cc(C(C)C)nn3cnnc23)ccc1O. The molecule has 1 aromatic carbocycles. The summed E-state index contributed by atoms with van der Waals surface area (Å²) in [5.41, 5.74) is 3.42. The van der Waals surface area contributed by atoms with E-state index in [0.29, 0.717) is 11.4 Å². The molecule has 0 aliphatic carbocycles. The van der Waals surface area contributed by atoms with Crippen molar-refractivity contribution in [1.29, 1.82) is 0 Å². The van der Waals surface area contributed by atoms with Gasteiger partial charge in [0.25, 0.3) is 0 Å². The maximum Gasteiger partial charge on any atom is 0.185 e. The summed E-state index contributed by atoms with van der Waals surface area (Å²) in [4.78, 5) is 0. The van der Waals surface area contributed by atoms with Crippen LogP contribution in [0.25, 0.3) is 16.8 Å². The highest BCUT2D eigenvalue weighted by atomic mass is 16.5. The number of benzene rings is 1. The van der Waals surface area contributed by atoms with E-state index in [9.17, 15) is 5.11 Å². The lowest BCUT2D eigenvalue weighted by Crippen LogP contribution is -2.01. The number of hydrogen-bond acceptors (Lipinski definition) is 5. The van der Waals surface area contributed by atoms with Crippen LogP contribution in [0.3, 0.4) is 0 Å². The molecule has 0 amide bonds. The predicted octanol–water partition coefficient (Wildman–Crippen LogP) is 2.63. The number of aromatic hydroxyl groups is 1. The minimum atomic E-state index is 0.108. The van der Waals surface area contributed by atoms with Crippen molar-refractivity contribution in [3.63, 3.8) is 0 Å². The Balaban J connectivity index is 2.25. The summed E-state index contributed by atoms with van der Waals surface area (Å²) in [6.07, 6.45) is 1.59. The molecule has 0 saturated heterocycles. The van der Waals surface area contributed by atoms with Crippen LogP contribution in [0, 0.1) is 0 Å². The van der Waals surface area contributed by atoms with Gasteiger partial charge in [-0.3, -0.25) is 0 Å². The van der Waals surface area contributed by atoms with E-state index in [0.717, 1.165) is 16.8 Å². The Morgan fingerprint density at radius 2 is 2.05 bits per heavy atom. The number of fused-ring (bicyclic) bond motifs is 1. The average Bonchev–Trinajstić information content (AvgIpc) is 2.95. The van der Waals surface area contributed by atoms with Crippen LogP contribution in [0.4, 0.5) is 0 Å². The van der Waals surface area contributed by atoms with Gasteiger partial charge in [-0.25, -0.2) is 0 Å². The van der Waals surface area contributed by atoms with E-state index in [2.05, 4.69) is 29.1 Å². The normalized spacial score (nSPS) is 11.2. The molecule has 0 fully saturated rings. The molecule has 0 unspecified atom stereocenters. The molecule has 0 radical (unpaired) electrons. The molecule has 0 saturated carbocycles. The van der Waals surface area contributed by atoms with Crippen LogP contribution in [0.1, 0.15) is 25.5 Å². The zero-order valence-corrected chi connectivity index (χ0v) is 12.1. The van der Waals surface area contributed by atoms with Gasteiger partial charge in [0.2, 0.25) is 0 Å². The van der Waals surface area contributed by atoms with Gasteiger partial charge < -0.3 is 9.84 Å². The van der Waals surface area contributed by atoms with Crippen molar-refractivity contribution in [2.75, 3.05) is 7.11 Å². The van der Waals surface area contributed by atoms with Crippen molar-refractivity contribution in [1.82, 2.24) is 19.8 Å². The van der Waals surface area contributed by atoms with Gasteiger partial charge in [-0.15, -0.1) is 10.2 Å². The maximum absolute atomic E-state index is 9.73. The summed E-state index contributed by atoms with van der Waals surface area (Å²) in [7, 11) is 1.53. The predicted molar refractivity (Wildman–Crippen MR) is 78.5 cm³/mol. The number of rotatable bonds is 3. The van der Waals surface area contributed by atoms with Crippen molar-refractivity contribution in [3.8, 4) is 22.6 Å². The highest BCUT2D eigenvalue weighted by molar-refractivity contribution is 5.78. The number of nitrogens with zero attached hydrogens (tertiary/aromatic N) is 4. The third-order valence-corrected chi connectivity index (χ3v) is 3.37. The van der Waals surface area contributed by atoms with E-state index in [-0.39, 0.29) is 11.7 Å². The topological polar surface area (TPSA) is 72.5 Å². The Hall–Kier alpha value is -2.63. The van der Waals surface area contributed by atoms with Crippen LogP contribution in [-0.2, 0) is 0 Å². The van der Waals surface area contributed by atoms with Gasteiger partial charge in [0, 0.05) is 5.56 Å². The lowest BCUT2D eigenvalue weighted by atomic mass is 10.0. The van der Waals surface area contributed by atoms with Gasteiger partial charge in [0.15, 0.2) is 17.1 Å². The first kappa shape index (κ1) is 13.4. The number of methoxy groups -OCH3 is 1. The van der Waals surface area contributed by atoms with E-state index in [1.54, 1.807) is 23.0 Å². The van der Waals surface area contributed by atoms with Crippen LogP contribution in [0.15, 0.2) is 30.6 Å². The van der Waals surface area contributed by atoms with Crippen LogP contribution >= 0.6 is 0 Å². The van der Waals surface area contributed by atoms with Crippen molar-refractivity contribution in [2.45, 2.75) is 19.8 Å². The second-order valence-corrected chi connectivity index (χ2v) is 5.12. The third kappa shape index (κ3) is 2.29. The number of aromatic nitrogens is 4. The molecule has 3 rings (SSSR count). The molecule has 0 spiro atoms. The molecule has 21 heavy (non-hydrogen) atoms. The van der Waals surface area contributed by atoms with E-state index in [1.807, 2.05) is 12.1 Å². The molecule has 0 bridgehead atoms. The largest absolute Gasteiger partial charge is 0.504 e. The molecule has 0 aliphatic heterocycles. The second-order valence-electron chi connectivity index (χ2n) is 5.12. The molecule has 108 valence electrons. The fraction of sp³-hybridized carbons (Fsp3) is 0.267. The van der Waals surface area contributed by atoms with Crippen LogP contribution < -0.4 is 4.74 Å². The standard InChI is InChI=1S/C15H16N4O2/c1-9(2)12-7-11(15-17-16-8-19(15)18-12)10-4-5-13(20)14(6-10)21-3/h4-9,20H,1-3H3. The molecule has 3 aromatic rings. The molecular weight excluding hydrogens is 268 g/mol. The molecule has 6 heteroatoms. The van der Waals surface area contributed by atoms with Crippen LogP contribution in [-0.4, -0.2) is 32.0 Å². The minimum absolute atomic E-state index is 0.108. The third-order valence-electron chi connectivity index (χ3n) is 3.37. The molecule has 2 heterocycles. The summed E-state index contributed by atoms with van der Waals surface area (Å²) in [6.45, 7) is 4.17. The van der Waals surface area contributed by atoms with Gasteiger partial charge in [-0.1, -0.05) is 19.9 Å².